The first-order chi connectivity index (χ1) is 7.70. The number of rotatable bonds is 1. The topological polar surface area (TPSA) is 55.8 Å². The van der Waals surface area contributed by atoms with Crippen molar-refractivity contribution in [2.75, 3.05) is 13.7 Å². The van der Waals surface area contributed by atoms with Crippen LogP contribution in [0.3, 0.4) is 0 Å². The van der Waals surface area contributed by atoms with Crippen molar-refractivity contribution in [1.29, 1.82) is 0 Å². The summed E-state index contributed by atoms with van der Waals surface area (Å²) >= 11 is 0. The molecule has 0 bridgehead atoms. The number of carbonyl (C=O) groups is 2. The SMILES string of the molecule is COC(=O)C1(C)C=CCN1C(=O)OC(C)(C)C. The molecule has 1 atom stereocenters. The van der Waals surface area contributed by atoms with Crippen molar-refractivity contribution in [2.45, 2.75) is 38.8 Å². The molecular weight excluding hydrogens is 222 g/mol. The average Bonchev–Trinajstić information content (AvgIpc) is 2.58. The monoisotopic (exact) mass is 241 g/mol. The summed E-state index contributed by atoms with van der Waals surface area (Å²) in [5, 5.41) is 0. The van der Waals surface area contributed by atoms with Crippen LogP contribution in [-0.4, -0.2) is 41.8 Å². The van der Waals surface area contributed by atoms with Crippen molar-refractivity contribution < 1.29 is 19.1 Å². The molecule has 5 nitrogen and oxygen atoms in total. The minimum Gasteiger partial charge on any atom is -0.467 e. The van der Waals surface area contributed by atoms with Crippen molar-refractivity contribution in [1.82, 2.24) is 4.90 Å². The van der Waals surface area contributed by atoms with Crippen LogP contribution in [-0.2, 0) is 14.3 Å². The van der Waals surface area contributed by atoms with Crippen molar-refractivity contribution >= 4 is 12.1 Å². The van der Waals surface area contributed by atoms with E-state index in [0.717, 1.165) is 0 Å². The molecule has 5 heteroatoms. The molecule has 0 aromatic carbocycles. The Morgan fingerprint density at radius 1 is 1.35 bits per heavy atom. The summed E-state index contributed by atoms with van der Waals surface area (Å²) in [6.45, 7) is 7.32. The maximum absolute atomic E-state index is 12.0. The minimum atomic E-state index is -1.07. The van der Waals surface area contributed by atoms with E-state index in [4.69, 9.17) is 9.47 Å². The number of carbonyl (C=O) groups excluding carboxylic acids is 2. The van der Waals surface area contributed by atoms with Gasteiger partial charge in [-0.15, -0.1) is 0 Å². The molecule has 0 aliphatic carbocycles. The summed E-state index contributed by atoms with van der Waals surface area (Å²) in [7, 11) is 1.30. The van der Waals surface area contributed by atoms with Crippen molar-refractivity contribution in [3.05, 3.63) is 12.2 Å². The van der Waals surface area contributed by atoms with Crippen molar-refractivity contribution in [2.24, 2.45) is 0 Å². The summed E-state index contributed by atoms with van der Waals surface area (Å²) in [4.78, 5) is 25.0. The van der Waals surface area contributed by atoms with Gasteiger partial charge >= 0.3 is 12.1 Å². The largest absolute Gasteiger partial charge is 0.467 e. The zero-order chi connectivity index (χ0) is 13.3. The number of hydrogen-bond acceptors (Lipinski definition) is 4. The van der Waals surface area contributed by atoms with E-state index in [2.05, 4.69) is 0 Å². The Hall–Kier alpha value is -1.52. The lowest BCUT2D eigenvalue weighted by atomic mass is 10.0. The normalized spacial score (nSPS) is 23.7. The second kappa shape index (κ2) is 4.39. The number of hydrogen-bond donors (Lipinski definition) is 0. The number of amides is 1. The standard InChI is InChI=1S/C12H19NO4/c1-11(2,3)17-10(15)13-8-6-7-12(13,4)9(14)16-5/h6-7H,8H2,1-5H3. The molecular formula is C12H19NO4. The third kappa shape index (κ3) is 2.78. The molecule has 0 saturated heterocycles. The smallest absolute Gasteiger partial charge is 0.411 e. The van der Waals surface area contributed by atoms with Crippen LogP contribution < -0.4 is 0 Å². The summed E-state index contributed by atoms with van der Waals surface area (Å²) < 4.78 is 9.96. The number of nitrogens with zero attached hydrogens (tertiary/aromatic N) is 1. The molecule has 96 valence electrons. The van der Waals surface area contributed by atoms with E-state index >= 15 is 0 Å². The van der Waals surface area contributed by atoms with E-state index in [9.17, 15) is 9.59 Å². The third-order valence-corrected chi connectivity index (χ3v) is 2.50. The predicted molar refractivity (Wildman–Crippen MR) is 62.5 cm³/mol. The zero-order valence-electron chi connectivity index (χ0n) is 10.9. The van der Waals surface area contributed by atoms with Crippen LogP contribution in [0.2, 0.25) is 0 Å². The minimum absolute atomic E-state index is 0.348. The van der Waals surface area contributed by atoms with Crippen LogP contribution >= 0.6 is 0 Å². The molecule has 0 aromatic heterocycles. The van der Waals surface area contributed by atoms with Gasteiger partial charge in [-0.25, -0.2) is 9.59 Å². The second-order valence-corrected chi connectivity index (χ2v) is 5.13. The van der Waals surface area contributed by atoms with Gasteiger partial charge in [0.15, 0.2) is 5.54 Å². The molecule has 17 heavy (non-hydrogen) atoms. The summed E-state index contributed by atoms with van der Waals surface area (Å²) in [6.07, 6.45) is 2.89. The maximum atomic E-state index is 12.0. The Morgan fingerprint density at radius 3 is 2.41 bits per heavy atom. The van der Waals surface area contributed by atoms with Gasteiger partial charge in [-0.3, -0.25) is 4.90 Å². The van der Waals surface area contributed by atoms with Gasteiger partial charge in [0.2, 0.25) is 0 Å². The molecule has 1 amide bonds. The van der Waals surface area contributed by atoms with Crippen LogP contribution in [0.4, 0.5) is 4.79 Å². The second-order valence-electron chi connectivity index (χ2n) is 5.13. The Morgan fingerprint density at radius 2 is 1.94 bits per heavy atom. The summed E-state index contributed by atoms with van der Waals surface area (Å²) in [5.74, 6) is -0.475. The fraction of sp³-hybridized carbons (Fsp3) is 0.667. The lowest BCUT2D eigenvalue weighted by Gasteiger charge is -2.33. The molecule has 1 unspecified atom stereocenters. The lowest BCUT2D eigenvalue weighted by Crippen LogP contribution is -2.52. The van der Waals surface area contributed by atoms with Gasteiger partial charge in [-0.1, -0.05) is 12.2 Å². The molecule has 0 radical (unpaired) electrons. The maximum Gasteiger partial charge on any atom is 0.411 e. The van der Waals surface area contributed by atoms with Gasteiger partial charge in [-0.05, 0) is 27.7 Å². The first-order valence-corrected chi connectivity index (χ1v) is 5.47. The summed E-state index contributed by atoms with van der Waals surface area (Å²) in [5.41, 5.74) is -1.66. The van der Waals surface area contributed by atoms with Crippen LogP contribution in [0.1, 0.15) is 27.7 Å². The predicted octanol–water partition coefficient (Wildman–Crippen LogP) is 1.72. The quantitative estimate of drug-likeness (QED) is 0.518. The average molecular weight is 241 g/mol. The van der Waals surface area contributed by atoms with Gasteiger partial charge in [0.25, 0.3) is 0 Å². The highest BCUT2D eigenvalue weighted by Gasteiger charge is 2.45. The molecule has 0 N–H and O–H groups in total. The fourth-order valence-electron chi connectivity index (χ4n) is 1.63. The van der Waals surface area contributed by atoms with Crippen LogP contribution in [0.15, 0.2) is 12.2 Å². The molecule has 0 aromatic rings. The Labute approximate surface area is 101 Å². The Kier molecular flexibility index (Phi) is 3.50. The van der Waals surface area contributed by atoms with Crippen LogP contribution in [0.5, 0.6) is 0 Å². The highest BCUT2D eigenvalue weighted by molar-refractivity contribution is 5.88. The number of esters is 1. The highest BCUT2D eigenvalue weighted by Crippen LogP contribution is 2.26. The zero-order valence-corrected chi connectivity index (χ0v) is 10.9. The molecule has 1 aliphatic rings. The Balaban J connectivity index is 2.85. The first kappa shape index (κ1) is 13.5. The molecule has 0 saturated carbocycles. The van der Waals surface area contributed by atoms with E-state index in [1.165, 1.54) is 12.0 Å². The van der Waals surface area contributed by atoms with E-state index in [1.54, 1.807) is 39.8 Å². The van der Waals surface area contributed by atoms with Gasteiger partial charge < -0.3 is 9.47 Å². The van der Waals surface area contributed by atoms with Crippen LogP contribution in [0, 0.1) is 0 Å². The molecule has 0 fully saturated rings. The lowest BCUT2D eigenvalue weighted by molar-refractivity contribution is -0.149. The molecule has 1 aliphatic heterocycles. The highest BCUT2D eigenvalue weighted by atomic mass is 16.6. The van der Waals surface area contributed by atoms with E-state index in [-0.39, 0.29) is 0 Å². The van der Waals surface area contributed by atoms with Crippen LogP contribution in [0.25, 0.3) is 0 Å². The fourth-order valence-corrected chi connectivity index (χ4v) is 1.63. The molecule has 1 heterocycles. The van der Waals surface area contributed by atoms with Crippen molar-refractivity contribution in [3.8, 4) is 0 Å². The third-order valence-electron chi connectivity index (χ3n) is 2.50. The number of methoxy groups -OCH3 is 1. The van der Waals surface area contributed by atoms with E-state index in [1.807, 2.05) is 0 Å². The van der Waals surface area contributed by atoms with Gasteiger partial charge in [0.05, 0.1) is 7.11 Å². The van der Waals surface area contributed by atoms with Gasteiger partial charge in [0, 0.05) is 6.54 Å². The van der Waals surface area contributed by atoms with Crippen molar-refractivity contribution in [3.63, 3.8) is 0 Å². The van der Waals surface area contributed by atoms with Gasteiger partial charge in [-0.2, -0.15) is 0 Å². The van der Waals surface area contributed by atoms with E-state index < -0.39 is 23.2 Å². The van der Waals surface area contributed by atoms with Gasteiger partial charge in [0.1, 0.15) is 5.60 Å². The Bertz CT molecular complexity index is 356. The first-order valence-electron chi connectivity index (χ1n) is 5.47. The van der Waals surface area contributed by atoms with E-state index in [0.29, 0.717) is 6.54 Å². The molecule has 1 rings (SSSR count). The summed E-state index contributed by atoms with van der Waals surface area (Å²) in [6, 6.07) is 0. The molecule has 0 spiro atoms. The number of ether oxygens (including phenoxy) is 2.